The summed E-state index contributed by atoms with van der Waals surface area (Å²) in [7, 11) is 1.75. The lowest BCUT2D eigenvalue weighted by atomic mass is 10.3. The van der Waals surface area contributed by atoms with Crippen LogP contribution in [0.3, 0.4) is 0 Å². The van der Waals surface area contributed by atoms with Crippen molar-refractivity contribution in [1.29, 1.82) is 0 Å². The molecule has 1 unspecified atom stereocenters. The number of hydrogen-bond acceptors (Lipinski definition) is 1. The molecule has 0 aromatic heterocycles. The highest BCUT2D eigenvalue weighted by Crippen LogP contribution is 2.07. The maximum Gasteiger partial charge on any atom is 0.236 e. The SMILES string of the molecule is C#CCCN(C)C(=O)C(Br)CBr. The first-order chi connectivity index (χ1) is 5.63. The highest BCUT2D eigenvalue weighted by atomic mass is 79.9. The maximum absolute atomic E-state index is 11.4. The third kappa shape index (κ3) is 4.13. The van der Waals surface area contributed by atoms with Gasteiger partial charge in [-0.3, -0.25) is 4.79 Å². The summed E-state index contributed by atoms with van der Waals surface area (Å²) in [6, 6.07) is 0. The Labute approximate surface area is 89.9 Å². The number of hydrogen-bond donors (Lipinski definition) is 0. The van der Waals surface area contributed by atoms with Gasteiger partial charge in [0, 0.05) is 25.3 Å². The Morgan fingerprint density at radius 2 is 2.33 bits per heavy atom. The van der Waals surface area contributed by atoms with Gasteiger partial charge in [-0.15, -0.1) is 12.3 Å². The predicted molar refractivity (Wildman–Crippen MR) is 57.6 cm³/mol. The molecule has 1 atom stereocenters. The standard InChI is InChI=1S/C8H11Br2NO/c1-3-4-5-11(2)8(12)7(10)6-9/h1,7H,4-6H2,2H3. The van der Waals surface area contributed by atoms with E-state index in [1.165, 1.54) is 0 Å². The lowest BCUT2D eigenvalue weighted by Crippen LogP contribution is -2.34. The van der Waals surface area contributed by atoms with Crippen molar-refractivity contribution in [2.24, 2.45) is 0 Å². The van der Waals surface area contributed by atoms with Gasteiger partial charge >= 0.3 is 0 Å². The van der Waals surface area contributed by atoms with Gasteiger partial charge in [-0.1, -0.05) is 31.9 Å². The quantitative estimate of drug-likeness (QED) is 0.570. The average molecular weight is 297 g/mol. The second-order valence-corrected chi connectivity index (χ2v) is 4.09. The van der Waals surface area contributed by atoms with Gasteiger partial charge in [0.25, 0.3) is 0 Å². The van der Waals surface area contributed by atoms with Gasteiger partial charge in [-0.25, -0.2) is 0 Å². The van der Waals surface area contributed by atoms with Crippen molar-refractivity contribution in [3.8, 4) is 12.3 Å². The molecule has 0 rings (SSSR count). The highest BCUT2D eigenvalue weighted by Gasteiger charge is 2.16. The van der Waals surface area contributed by atoms with Gasteiger partial charge in [-0.2, -0.15) is 0 Å². The first-order valence-electron chi connectivity index (χ1n) is 3.52. The van der Waals surface area contributed by atoms with Crippen LogP contribution in [0.15, 0.2) is 0 Å². The topological polar surface area (TPSA) is 20.3 Å². The first-order valence-corrected chi connectivity index (χ1v) is 5.55. The van der Waals surface area contributed by atoms with Crippen molar-refractivity contribution in [2.45, 2.75) is 11.2 Å². The molecule has 0 radical (unpaired) electrons. The molecule has 68 valence electrons. The Balaban J connectivity index is 3.85. The summed E-state index contributed by atoms with van der Waals surface area (Å²) in [6.07, 6.45) is 5.68. The molecule has 12 heavy (non-hydrogen) atoms. The van der Waals surface area contributed by atoms with Crippen LogP contribution in [-0.4, -0.2) is 34.6 Å². The van der Waals surface area contributed by atoms with Gasteiger partial charge in [0.05, 0.1) is 0 Å². The van der Waals surface area contributed by atoms with Crippen molar-refractivity contribution in [3.05, 3.63) is 0 Å². The fraction of sp³-hybridized carbons (Fsp3) is 0.625. The Morgan fingerprint density at radius 3 is 2.75 bits per heavy atom. The summed E-state index contributed by atoms with van der Waals surface area (Å²) in [5.74, 6) is 2.55. The van der Waals surface area contributed by atoms with Crippen LogP contribution in [-0.2, 0) is 4.79 Å². The largest absolute Gasteiger partial charge is 0.344 e. The van der Waals surface area contributed by atoms with E-state index in [9.17, 15) is 4.79 Å². The number of rotatable bonds is 4. The van der Waals surface area contributed by atoms with Gasteiger partial charge < -0.3 is 4.90 Å². The van der Waals surface area contributed by atoms with E-state index in [2.05, 4.69) is 37.8 Å². The molecule has 0 aliphatic heterocycles. The Hall–Kier alpha value is -0.0100. The summed E-state index contributed by atoms with van der Waals surface area (Å²) in [6.45, 7) is 0.616. The zero-order chi connectivity index (χ0) is 9.56. The number of terminal acetylenes is 1. The molecule has 0 aliphatic carbocycles. The molecule has 0 aliphatic rings. The normalized spacial score (nSPS) is 11.8. The Kier molecular flexibility index (Phi) is 6.49. The minimum atomic E-state index is -0.153. The maximum atomic E-state index is 11.4. The van der Waals surface area contributed by atoms with E-state index in [1.54, 1.807) is 11.9 Å². The third-order valence-corrected chi connectivity index (χ3v) is 3.60. The van der Waals surface area contributed by atoms with Gasteiger partial charge in [0.1, 0.15) is 4.83 Å². The number of carbonyl (C=O) groups is 1. The van der Waals surface area contributed by atoms with E-state index in [-0.39, 0.29) is 10.7 Å². The van der Waals surface area contributed by atoms with Crippen LogP contribution in [0.1, 0.15) is 6.42 Å². The average Bonchev–Trinajstić information content (AvgIpc) is 2.11. The van der Waals surface area contributed by atoms with Crippen LogP contribution in [0, 0.1) is 12.3 Å². The molecule has 0 saturated heterocycles. The Morgan fingerprint density at radius 1 is 1.75 bits per heavy atom. The molecule has 0 aromatic carbocycles. The van der Waals surface area contributed by atoms with E-state index in [1.807, 2.05) is 0 Å². The van der Waals surface area contributed by atoms with Crippen molar-refractivity contribution in [3.63, 3.8) is 0 Å². The summed E-state index contributed by atoms with van der Waals surface area (Å²) < 4.78 is 0. The van der Waals surface area contributed by atoms with Crippen LogP contribution in [0.5, 0.6) is 0 Å². The van der Waals surface area contributed by atoms with Crippen LogP contribution >= 0.6 is 31.9 Å². The van der Waals surface area contributed by atoms with E-state index in [4.69, 9.17) is 6.42 Å². The van der Waals surface area contributed by atoms with Gasteiger partial charge in [-0.05, 0) is 0 Å². The molecule has 0 N–H and O–H groups in total. The fourth-order valence-electron chi connectivity index (χ4n) is 0.648. The molecule has 0 saturated carbocycles. The van der Waals surface area contributed by atoms with Crippen LogP contribution in [0.2, 0.25) is 0 Å². The molecule has 2 nitrogen and oxygen atoms in total. The van der Waals surface area contributed by atoms with Crippen LogP contribution in [0.25, 0.3) is 0 Å². The van der Waals surface area contributed by atoms with Crippen LogP contribution in [0.4, 0.5) is 0 Å². The predicted octanol–water partition coefficient (Wildman–Crippen LogP) is 1.63. The van der Waals surface area contributed by atoms with Crippen molar-refractivity contribution in [1.82, 2.24) is 4.90 Å². The van der Waals surface area contributed by atoms with Crippen LogP contribution < -0.4 is 0 Å². The lowest BCUT2D eigenvalue weighted by Gasteiger charge is -2.17. The van der Waals surface area contributed by atoms with E-state index >= 15 is 0 Å². The molecule has 0 aromatic rings. The summed E-state index contributed by atoms with van der Waals surface area (Å²) in [4.78, 5) is 12.8. The molecule has 0 spiro atoms. The number of nitrogens with zero attached hydrogens (tertiary/aromatic N) is 1. The molecule has 0 bridgehead atoms. The molecule has 1 amide bonds. The van der Waals surface area contributed by atoms with E-state index < -0.39 is 0 Å². The summed E-state index contributed by atoms with van der Waals surface area (Å²) >= 11 is 6.46. The van der Waals surface area contributed by atoms with Crippen molar-refractivity contribution >= 4 is 37.8 Å². The number of carbonyl (C=O) groups excluding carboxylic acids is 1. The van der Waals surface area contributed by atoms with Crippen molar-refractivity contribution in [2.75, 3.05) is 18.9 Å². The summed E-state index contributed by atoms with van der Waals surface area (Å²) in [5.41, 5.74) is 0. The minimum absolute atomic E-state index is 0.0575. The fourth-order valence-corrected chi connectivity index (χ4v) is 1.27. The smallest absolute Gasteiger partial charge is 0.236 e. The summed E-state index contributed by atoms with van der Waals surface area (Å²) in [5, 5.41) is 0.617. The van der Waals surface area contributed by atoms with Gasteiger partial charge in [0.15, 0.2) is 0 Å². The molecule has 4 heteroatoms. The lowest BCUT2D eigenvalue weighted by molar-refractivity contribution is -0.128. The first kappa shape index (κ1) is 12.0. The number of halogens is 2. The van der Waals surface area contributed by atoms with E-state index in [0.29, 0.717) is 18.3 Å². The third-order valence-electron chi connectivity index (χ3n) is 1.37. The molecular formula is C8H11Br2NO. The van der Waals surface area contributed by atoms with Gasteiger partial charge in [0.2, 0.25) is 5.91 Å². The zero-order valence-electron chi connectivity index (χ0n) is 6.89. The highest BCUT2D eigenvalue weighted by molar-refractivity contribution is 9.12. The number of alkyl halides is 2. The van der Waals surface area contributed by atoms with E-state index in [0.717, 1.165) is 0 Å². The number of amides is 1. The minimum Gasteiger partial charge on any atom is -0.344 e. The zero-order valence-corrected chi connectivity index (χ0v) is 10.1. The molecular weight excluding hydrogens is 286 g/mol. The molecule has 0 fully saturated rings. The monoisotopic (exact) mass is 295 g/mol. The second-order valence-electron chi connectivity index (χ2n) is 2.34. The Bertz CT molecular complexity index is 188. The second kappa shape index (κ2) is 6.50. The molecule has 0 heterocycles. The van der Waals surface area contributed by atoms with Crippen molar-refractivity contribution < 1.29 is 4.79 Å².